The van der Waals surface area contributed by atoms with E-state index in [9.17, 15) is 4.79 Å². The Balaban J connectivity index is 2.13. The lowest BCUT2D eigenvalue weighted by molar-refractivity contribution is -0.116. The minimum absolute atomic E-state index is 0.104. The molecule has 20 heavy (non-hydrogen) atoms. The molecule has 0 radical (unpaired) electrons. The summed E-state index contributed by atoms with van der Waals surface area (Å²) in [4.78, 5) is 20.4. The van der Waals surface area contributed by atoms with E-state index in [1.165, 1.54) is 0 Å². The van der Waals surface area contributed by atoms with Crippen LogP contribution in [0.25, 0.3) is 11.0 Å². The van der Waals surface area contributed by atoms with Crippen molar-refractivity contribution in [3.63, 3.8) is 0 Å². The van der Waals surface area contributed by atoms with Crippen molar-refractivity contribution in [1.29, 1.82) is 0 Å². The third-order valence-electron chi connectivity index (χ3n) is 2.83. The van der Waals surface area contributed by atoms with E-state index in [0.717, 1.165) is 6.54 Å². The van der Waals surface area contributed by atoms with Crippen LogP contribution in [-0.2, 0) is 4.79 Å². The summed E-state index contributed by atoms with van der Waals surface area (Å²) >= 11 is 6.04. The van der Waals surface area contributed by atoms with Gasteiger partial charge in [-0.2, -0.15) is 0 Å². The number of hydrogen-bond acceptors (Lipinski definition) is 4. The number of fused-ring (bicyclic) bond motifs is 1. The van der Waals surface area contributed by atoms with Crippen LogP contribution in [-0.4, -0.2) is 28.5 Å². The molecule has 5 nitrogen and oxygen atoms in total. The third kappa shape index (κ3) is 3.65. The Bertz CT molecular complexity index is 617. The second kappa shape index (κ2) is 6.63. The average Bonchev–Trinajstić information content (AvgIpc) is 2.39. The van der Waals surface area contributed by atoms with Crippen molar-refractivity contribution in [2.45, 2.75) is 26.3 Å². The third-order valence-corrected chi connectivity index (χ3v) is 3.09. The fraction of sp³-hybridized carbons (Fsp3) is 0.357. The second-order valence-electron chi connectivity index (χ2n) is 4.56. The molecule has 2 aromatic rings. The van der Waals surface area contributed by atoms with Gasteiger partial charge in [-0.25, -0.2) is 9.97 Å². The first-order valence-electron chi connectivity index (χ1n) is 6.55. The number of para-hydroxylation sites is 2. The number of halogens is 1. The number of amides is 1. The van der Waals surface area contributed by atoms with Gasteiger partial charge in [0.25, 0.3) is 0 Å². The highest BCUT2D eigenvalue weighted by atomic mass is 35.5. The Labute approximate surface area is 122 Å². The predicted octanol–water partition coefficient (Wildman–Crippen LogP) is 2.61. The first-order chi connectivity index (χ1) is 9.60. The first-order valence-corrected chi connectivity index (χ1v) is 6.93. The van der Waals surface area contributed by atoms with Crippen molar-refractivity contribution in [3.05, 3.63) is 29.4 Å². The Morgan fingerprint density at radius 1 is 1.30 bits per heavy atom. The number of carbonyl (C=O) groups is 1. The van der Waals surface area contributed by atoms with Gasteiger partial charge in [0.1, 0.15) is 0 Å². The van der Waals surface area contributed by atoms with Crippen molar-refractivity contribution >= 4 is 34.4 Å². The highest BCUT2D eigenvalue weighted by Crippen LogP contribution is 2.21. The summed E-state index contributed by atoms with van der Waals surface area (Å²) < 4.78 is 0. The van der Waals surface area contributed by atoms with Crippen LogP contribution in [0.3, 0.4) is 0 Å². The maximum absolute atomic E-state index is 11.9. The lowest BCUT2D eigenvalue weighted by Crippen LogP contribution is -2.30. The van der Waals surface area contributed by atoms with Crippen LogP contribution in [0.1, 0.15) is 20.3 Å². The van der Waals surface area contributed by atoms with Gasteiger partial charge in [0, 0.05) is 12.5 Å². The molecule has 0 bridgehead atoms. The second-order valence-corrected chi connectivity index (χ2v) is 4.92. The minimum atomic E-state index is -0.134. The van der Waals surface area contributed by atoms with Gasteiger partial charge in [0.15, 0.2) is 11.0 Å². The van der Waals surface area contributed by atoms with Crippen LogP contribution in [0.5, 0.6) is 0 Å². The number of anilines is 1. The highest BCUT2D eigenvalue weighted by Gasteiger charge is 2.12. The van der Waals surface area contributed by atoms with Gasteiger partial charge >= 0.3 is 0 Å². The number of benzene rings is 1. The topological polar surface area (TPSA) is 66.9 Å². The summed E-state index contributed by atoms with van der Waals surface area (Å²) in [5.41, 5.74) is 1.41. The Hall–Kier alpha value is -1.72. The number of aromatic nitrogens is 2. The molecule has 106 valence electrons. The molecule has 1 aromatic carbocycles. The van der Waals surface area contributed by atoms with Crippen LogP contribution in [0.15, 0.2) is 24.3 Å². The zero-order valence-corrected chi connectivity index (χ0v) is 12.2. The van der Waals surface area contributed by atoms with Gasteiger partial charge in [0.05, 0.1) is 11.0 Å². The summed E-state index contributed by atoms with van der Waals surface area (Å²) in [7, 11) is 0. The molecular formula is C14H17ClN4O. The van der Waals surface area contributed by atoms with Crippen LogP contribution < -0.4 is 10.6 Å². The molecule has 0 saturated heterocycles. The average molecular weight is 293 g/mol. The summed E-state index contributed by atoms with van der Waals surface area (Å²) in [6.45, 7) is 4.78. The maximum Gasteiger partial charge on any atom is 0.227 e. The van der Waals surface area contributed by atoms with Gasteiger partial charge in [-0.3, -0.25) is 4.79 Å². The molecule has 0 spiro atoms. The van der Waals surface area contributed by atoms with Crippen molar-refractivity contribution in [3.8, 4) is 0 Å². The van der Waals surface area contributed by atoms with E-state index in [2.05, 4.69) is 20.6 Å². The Morgan fingerprint density at radius 3 is 2.60 bits per heavy atom. The van der Waals surface area contributed by atoms with Crippen LogP contribution in [0.4, 0.5) is 5.82 Å². The minimum Gasteiger partial charge on any atom is -0.314 e. The van der Waals surface area contributed by atoms with Crippen LogP contribution >= 0.6 is 11.6 Å². The molecule has 1 aromatic heterocycles. The lowest BCUT2D eigenvalue weighted by atomic mass is 10.2. The molecule has 2 rings (SSSR count). The van der Waals surface area contributed by atoms with Gasteiger partial charge in [-0.1, -0.05) is 30.7 Å². The van der Waals surface area contributed by atoms with Crippen molar-refractivity contribution in [2.24, 2.45) is 0 Å². The smallest absolute Gasteiger partial charge is 0.227 e. The van der Waals surface area contributed by atoms with Crippen molar-refractivity contribution in [2.75, 3.05) is 11.9 Å². The Morgan fingerprint density at radius 2 is 1.95 bits per heavy atom. The molecule has 2 N–H and O–H groups in total. The van der Waals surface area contributed by atoms with E-state index in [1.54, 1.807) is 0 Å². The van der Waals surface area contributed by atoms with Crippen LogP contribution in [0.2, 0.25) is 5.15 Å². The molecule has 1 atom stereocenters. The fourth-order valence-corrected chi connectivity index (χ4v) is 2.12. The monoisotopic (exact) mass is 292 g/mol. The molecule has 0 aliphatic rings. The molecule has 0 saturated carbocycles. The highest BCUT2D eigenvalue weighted by molar-refractivity contribution is 6.32. The number of nitrogens with one attached hydrogen (secondary N) is 2. The number of carbonyl (C=O) groups excluding carboxylic acids is 1. The molecule has 6 heteroatoms. The van der Waals surface area contributed by atoms with Gasteiger partial charge in [-0.15, -0.1) is 0 Å². The predicted molar refractivity (Wildman–Crippen MR) is 80.9 cm³/mol. The van der Waals surface area contributed by atoms with Gasteiger partial charge < -0.3 is 10.6 Å². The molecule has 0 aliphatic carbocycles. The standard InChI is InChI=1S/C14H17ClN4O/c1-3-16-9(2)8-12(20)19-14-13(15)17-10-6-4-5-7-11(10)18-14/h4-7,9,16H,3,8H2,1-2H3,(H,18,19,20). The molecule has 1 unspecified atom stereocenters. The summed E-state index contributed by atoms with van der Waals surface area (Å²) in [6, 6.07) is 7.49. The van der Waals surface area contributed by atoms with E-state index in [4.69, 9.17) is 11.6 Å². The first kappa shape index (κ1) is 14.7. The van der Waals surface area contributed by atoms with E-state index >= 15 is 0 Å². The zero-order chi connectivity index (χ0) is 14.5. The molecule has 0 fully saturated rings. The summed E-state index contributed by atoms with van der Waals surface area (Å²) in [6.07, 6.45) is 0.360. The number of nitrogens with zero attached hydrogens (tertiary/aromatic N) is 2. The number of rotatable bonds is 5. The zero-order valence-electron chi connectivity index (χ0n) is 11.5. The largest absolute Gasteiger partial charge is 0.314 e. The molecule has 1 amide bonds. The summed E-state index contributed by atoms with van der Waals surface area (Å²) in [5.74, 6) is 0.170. The fourth-order valence-electron chi connectivity index (χ4n) is 1.94. The Kier molecular flexibility index (Phi) is 4.87. The van der Waals surface area contributed by atoms with E-state index in [1.807, 2.05) is 38.1 Å². The normalized spacial score (nSPS) is 12.3. The lowest BCUT2D eigenvalue weighted by Gasteiger charge is -2.12. The van der Waals surface area contributed by atoms with Gasteiger partial charge in [-0.05, 0) is 25.6 Å². The van der Waals surface area contributed by atoms with E-state index in [-0.39, 0.29) is 17.1 Å². The van der Waals surface area contributed by atoms with E-state index in [0.29, 0.717) is 23.3 Å². The van der Waals surface area contributed by atoms with Gasteiger partial charge in [0.2, 0.25) is 5.91 Å². The maximum atomic E-state index is 11.9. The molecular weight excluding hydrogens is 276 g/mol. The van der Waals surface area contributed by atoms with Crippen LogP contribution in [0, 0.1) is 0 Å². The SMILES string of the molecule is CCNC(C)CC(=O)Nc1nc2ccccc2nc1Cl. The van der Waals surface area contributed by atoms with Crippen molar-refractivity contribution < 1.29 is 4.79 Å². The summed E-state index contributed by atoms with van der Waals surface area (Å²) in [5, 5.41) is 6.09. The molecule has 0 aliphatic heterocycles. The van der Waals surface area contributed by atoms with Crippen molar-refractivity contribution in [1.82, 2.24) is 15.3 Å². The molecule has 1 heterocycles. The number of hydrogen-bond donors (Lipinski definition) is 2. The quantitative estimate of drug-likeness (QED) is 0.889. The van der Waals surface area contributed by atoms with E-state index < -0.39 is 0 Å².